The van der Waals surface area contributed by atoms with Gasteiger partial charge in [0.1, 0.15) is 0 Å². The van der Waals surface area contributed by atoms with Crippen LogP contribution < -0.4 is 0 Å². The Hall–Kier alpha value is -2.93. The van der Waals surface area contributed by atoms with Crippen LogP contribution in [0.25, 0.3) is 0 Å². The molecule has 4 rings (SSSR count). The van der Waals surface area contributed by atoms with Gasteiger partial charge in [0.2, 0.25) is 0 Å². The molecule has 0 bridgehead atoms. The molecule has 0 radical (unpaired) electrons. The summed E-state index contributed by atoms with van der Waals surface area (Å²) in [6.45, 7) is 1.27. The fraction of sp³-hybridized carbons (Fsp3) is 0.167. The van der Waals surface area contributed by atoms with Crippen LogP contribution in [-0.2, 0) is 6.54 Å². The molecule has 1 aromatic carbocycles. The fourth-order valence-corrected chi connectivity index (χ4v) is 4.05. The Balaban J connectivity index is 1.74. The zero-order valence-electron chi connectivity index (χ0n) is 13.2. The molecule has 0 spiro atoms. The first-order valence-electron chi connectivity index (χ1n) is 7.90. The second kappa shape index (κ2) is 6.18. The molecule has 126 valence electrons. The largest absolute Gasteiger partial charge is 0.348 e. The maximum atomic E-state index is 13.1. The van der Waals surface area contributed by atoms with Gasteiger partial charge in [0.05, 0.1) is 15.8 Å². The average molecular weight is 353 g/mol. The van der Waals surface area contributed by atoms with E-state index in [-0.39, 0.29) is 17.0 Å². The average Bonchev–Trinajstić information content (AvgIpc) is 3.30. The zero-order chi connectivity index (χ0) is 17.4. The number of nitro groups is 1. The molecule has 0 aliphatic carbocycles. The molecule has 3 heterocycles. The van der Waals surface area contributed by atoms with Crippen molar-refractivity contribution in [1.82, 2.24) is 9.47 Å². The molecule has 0 saturated carbocycles. The Bertz CT molecular complexity index is 932. The number of aromatic nitrogens is 1. The van der Waals surface area contributed by atoms with Crippen molar-refractivity contribution in [3.63, 3.8) is 0 Å². The Morgan fingerprint density at radius 2 is 1.88 bits per heavy atom. The maximum absolute atomic E-state index is 13.1. The smallest absolute Gasteiger partial charge is 0.324 e. The van der Waals surface area contributed by atoms with Crippen LogP contribution in [0.2, 0.25) is 0 Å². The predicted octanol–water partition coefficient (Wildman–Crippen LogP) is 3.70. The number of benzene rings is 1. The normalized spacial score (nSPS) is 16.5. The quantitative estimate of drug-likeness (QED) is 0.532. The van der Waals surface area contributed by atoms with E-state index in [1.54, 1.807) is 11.0 Å². The van der Waals surface area contributed by atoms with Crippen LogP contribution in [0.4, 0.5) is 5.00 Å². The van der Waals surface area contributed by atoms with Crippen LogP contribution in [0.3, 0.4) is 0 Å². The van der Waals surface area contributed by atoms with Crippen LogP contribution in [0, 0.1) is 10.1 Å². The monoisotopic (exact) mass is 353 g/mol. The van der Waals surface area contributed by atoms with Gasteiger partial charge < -0.3 is 9.47 Å². The third kappa shape index (κ3) is 2.72. The Morgan fingerprint density at radius 1 is 1.08 bits per heavy atom. The summed E-state index contributed by atoms with van der Waals surface area (Å²) in [5.74, 6) is -0.167. The van der Waals surface area contributed by atoms with Crippen LogP contribution in [0.15, 0.2) is 60.8 Å². The van der Waals surface area contributed by atoms with Crippen molar-refractivity contribution in [1.29, 1.82) is 0 Å². The SMILES string of the molecule is O=C(c1ccc([N+](=O)[O-])s1)N1CCn2cccc2C1c1ccccc1. The summed E-state index contributed by atoms with van der Waals surface area (Å²) in [7, 11) is 0. The summed E-state index contributed by atoms with van der Waals surface area (Å²) in [6, 6.07) is 16.6. The van der Waals surface area contributed by atoms with E-state index >= 15 is 0 Å². The fourth-order valence-electron chi connectivity index (χ4n) is 3.27. The van der Waals surface area contributed by atoms with Gasteiger partial charge in [0.25, 0.3) is 5.91 Å². The minimum atomic E-state index is -0.461. The lowest BCUT2D eigenvalue weighted by Crippen LogP contribution is -2.42. The molecule has 0 N–H and O–H groups in total. The summed E-state index contributed by atoms with van der Waals surface area (Å²) < 4.78 is 2.15. The van der Waals surface area contributed by atoms with Crippen LogP contribution in [-0.4, -0.2) is 26.8 Å². The van der Waals surface area contributed by atoms with Gasteiger partial charge in [-0.1, -0.05) is 41.7 Å². The number of rotatable bonds is 3. The number of hydrogen-bond donors (Lipinski definition) is 0. The molecule has 25 heavy (non-hydrogen) atoms. The summed E-state index contributed by atoms with van der Waals surface area (Å²) in [5, 5.41) is 10.9. The van der Waals surface area contributed by atoms with Crippen molar-refractivity contribution >= 4 is 22.2 Å². The molecule has 6 nitrogen and oxygen atoms in total. The third-order valence-corrected chi connectivity index (χ3v) is 5.42. The number of amides is 1. The summed E-state index contributed by atoms with van der Waals surface area (Å²) in [4.78, 5) is 25.7. The number of fused-ring (bicyclic) bond motifs is 1. The van der Waals surface area contributed by atoms with E-state index < -0.39 is 4.92 Å². The van der Waals surface area contributed by atoms with Crippen molar-refractivity contribution in [2.75, 3.05) is 6.54 Å². The summed E-state index contributed by atoms with van der Waals surface area (Å²) >= 11 is 0.926. The Morgan fingerprint density at radius 3 is 2.60 bits per heavy atom. The van der Waals surface area contributed by atoms with Crippen LogP contribution >= 0.6 is 11.3 Å². The molecular formula is C18H15N3O3S. The lowest BCUT2D eigenvalue weighted by molar-refractivity contribution is -0.380. The zero-order valence-corrected chi connectivity index (χ0v) is 14.1. The Kier molecular flexibility index (Phi) is 3.85. The highest BCUT2D eigenvalue weighted by atomic mass is 32.1. The third-order valence-electron chi connectivity index (χ3n) is 4.40. The lowest BCUT2D eigenvalue weighted by Gasteiger charge is -2.37. The summed E-state index contributed by atoms with van der Waals surface area (Å²) in [5.41, 5.74) is 2.08. The first-order chi connectivity index (χ1) is 12.1. The molecule has 1 unspecified atom stereocenters. The molecule has 7 heteroatoms. The molecule has 1 atom stereocenters. The molecule has 0 fully saturated rings. The number of thiophene rings is 1. The topological polar surface area (TPSA) is 68.4 Å². The highest BCUT2D eigenvalue weighted by Gasteiger charge is 2.33. The molecule has 0 saturated heterocycles. The van der Waals surface area contributed by atoms with E-state index in [1.807, 2.05) is 48.7 Å². The van der Waals surface area contributed by atoms with Crippen molar-refractivity contribution in [3.05, 3.63) is 87.0 Å². The van der Waals surface area contributed by atoms with E-state index in [4.69, 9.17) is 0 Å². The van der Waals surface area contributed by atoms with Gasteiger partial charge in [0, 0.05) is 31.0 Å². The number of nitrogens with zero attached hydrogens (tertiary/aromatic N) is 3. The molecule has 1 amide bonds. The van der Waals surface area contributed by atoms with Crippen molar-refractivity contribution < 1.29 is 9.72 Å². The number of carbonyl (C=O) groups is 1. The second-order valence-electron chi connectivity index (χ2n) is 5.83. The van der Waals surface area contributed by atoms with Gasteiger partial charge in [-0.15, -0.1) is 0 Å². The van der Waals surface area contributed by atoms with Crippen LogP contribution in [0.5, 0.6) is 0 Å². The molecule has 2 aromatic heterocycles. The number of carbonyl (C=O) groups excluding carboxylic acids is 1. The minimum Gasteiger partial charge on any atom is -0.348 e. The first-order valence-corrected chi connectivity index (χ1v) is 8.72. The van der Waals surface area contributed by atoms with Crippen molar-refractivity contribution in [2.24, 2.45) is 0 Å². The minimum absolute atomic E-state index is 0.0139. The van der Waals surface area contributed by atoms with Gasteiger partial charge in [-0.2, -0.15) is 0 Å². The molecule has 1 aliphatic heterocycles. The van der Waals surface area contributed by atoms with E-state index in [9.17, 15) is 14.9 Å². The van der Waals surface area contributed by atoms with Gasteiger partial charge in [-0.05, 0) is 23.8 Å². The van der Waals surface area contributed by atoms with Gasteiger partial charge in [0.15, 0.2) is 0 Å². The van der Waals surface area contributed by atoms with E-state index in [0.29, 0.717) is 18.0 Å². The first kappa shape index (κ1) is 15.6. The Labute approximate surface area is 148 Å². The lowest BCUT2D eigenvalue weighted by atomic mass is 10.00. The van der Waals surface area contributed by atoms with Crippen molar-refractivity contribution in [2.45, 2.75) is 12.6 Å². The highest BCUT2D eigenvalue weighted by Crippen LogP contribution is 2.35. The number of hydrogen-bond acceptors (Lipinski definition) is 4. The second-order valence-corrected chi connectivity index (χ2v) is 6.90. The maximum Gasteiger partial charge on any atom is 0.324 e. The van der Waals surface area contributed by atoms with Gasteiger partial charge >= 0.3 is 5.00 Å². The standard InChI is InChI=1S/C18H15N3O3S/c22-18(15-8-9-16(25-15)21(23)24)20-12-11-19-10-4-7-14(19)17(20)13-5-2-1-3-6-13/h1-10,17H,11-12H2. The summed E-state index contributed by atoms with van der Waals surface area (Å²) in [6.07, 6.45) is 2.02. The van der Waals surface area contributed by atoms with E-state index in [2.05, 4.69) is 4.57 Å². The van der Waals surface area contributed by atoms with Gasteiger partial charge in [-0.25, -0.2) is 0 Å². The van der Waals surface area contributed by atoms with E-state index in [0.717, 1.165) is 22.6 Å². The van der Waals surface area contributed by atoms with Crippen LogP contribution in [0.1, 0.15) is 27.0 Å². The molecular weight excluding hydrogens is 338 g/mol. The van der Waals surface area contributed by atoms with Crippen molar-refractivity contribution in [3.8, 4) is 0 Å². The molecule has 3 aromatic rings. The molecule has 1 aliphatic rings. The highest BCUT2D eigenvalue weighted by molar-refractivity contribution is 7.17. The van der Waals surface area contributed by atoms with Gasteiger partial charge in [-0.3, -0.25) is 14.9 Å². The van der Waals surface area contributed by atoms with E-state index in [1.165, 1.54) is 6.07 Å². The predicted molar refractivity (Wildman–Crippen MR) is 94.7 cm³/mol.